The number of hydrogen-bond acceptors (Lipinski definition) is 3. The molecule has 19 heavy (non-hydrogen) atoms. The molecule has 0 spiro atoms. The molecule has 2 rings (SSSR count). The van der Waals surface area contributed by atoms with Crippen LogP contribution < -0.4 is 0 Å². The third kappa shape index (κ3) is 2.47. The predicted molar refractivity (Wildman–Crippen MR) is 68.0 cm³/mol. The van der Waals surface area contributed by atoms with Crippen LogP contribution in [0, 0.1) is 0 Å². The molecule has 1 aromatic rings. The number of rotatable bonds is 3. The van der Waals surface area contributed by atoms with Crippen LogP contribution in [0.1, 0.15) is 21.7 Å². The fraction of sp³-hybridized carbons (Fsp3) is 0.385. The average molecular weight is 264 g/mol. The average Bonchev–Trinajstić information content (AvgIpc) is 2.73. The van der Waals surface area contributed by atoms with Crippen molar-refractivity contribution in [3.8, 4) is 0 Å². The molecule has 102 valence electrons. The molecule has 1 aliphatic heterocycles. The van der Waals surface area contributed by atoms with E-state index in [1.807, 2.05) is 0 Å². The van der Waals surface area contributed by atoms with Gasteiger partial charge in [0.2, 0.25) is 0 Å². The number of carboxylic acids is 1. The van der Waals surface area contributed by atoms with Crippen molar-refractivity contribution in [1.29, 1.82) is 0 Å². The van der Waals surface area contributed by atoms with Gasteiger partial charge in [0.05, 0.1) is 6.54 Å². The molecule has 6 heteroatoms. The molecule has 0 saturated heterocycles. The van der Waals surface area contributed by atoms with E-state index in [1.54, 1.807) is 22.6 Å². The van der Waals surface area contributed by atoms with Crippen LogP contribution in [-0.4, -0.2) is 39.8 Å². The summed E-state index contributed by atoms with van der Waals surface area (Å²) in [5.74, 6) is -0.960. The second kappa shape index (κ2) is 5.17. The van der Waals surface area contributed by atoms with Crippen molar-refractivity contribution in [3.63, 3.8) is 0 Å². The van der Waals surface area contributed by atoms with Gasteiger partial charge in [-0.05, 0) is 11.6 Å². The number of ether oxygens (including phenoxy) is 1. The van der Waals surface area contributed by atoms with Crippen LogP contribution in [-0.2, 0) is 24.8 Å². The fourth-order valence-electron chi connectivity index (χ4n) is 2.28. The molecule has 1 aromatic heterocycles. The van der Waals surface area contributed by atoms with Gasteiger partial charge in [-0.1, -0.05) is 12.7 Å². The van der Waals surface area contributed by atoms with Crippen molar-refractivity contribution in [1.82, 2.24) is 9.47 Å². The van der Waals surface area contributed by atoms with Gasteiger partial charge in [-0.2, -0.15) is 0 Å². The van der Waals surface area contributed by atoms with Crippen LogP contribution in [0.3, 0.4) is 0 Å². The molecular formula is C13H16N2O4. The van der Waals surface area contributed by atoms with Crippen molar-refractivity contribution in [2.75, 3.05) is 13.2 Å². The lowest BCUT2D eigenvalue weighted by atomic mass is 10.1. The van der Waals surface area contributed by atoms with Crippen LogP contribution in [0.2, 0.25) is 0 Å². The normalized spacial score (nSPS) is 13.8. The van der Waals surface area contributed by atoms with E-state index < -0.39 is 12.1 Å². The Morgan fingerprint density at radius 3 is 2.95 bits per heavy atom. The monoisotopic (exact) mass is 264 g/mol. The molecular weight excluding hydrogens is 248 g/mol. The lowest BCUT2D eigenvalue weighted by Gasteiger charge is -2.26. The van der Waals surface area contributed by atoms with Crippen molar-refractivity contribution in [3.05, 3.63) is 35.7 Å². The fourth-order valence-corrected chi connectivity index (χ4v) is 2.28. The van der Waals surface area contributed by atoms with Crippen molar-refractivity contribution < 1.29 is 19.4 Å². The minimum Gasteiger partial charge on any atom is -0.477 e. The first kappa shape index (κ1) is 13.2. The zero-order chi connectivity index (χ0) is 14.0. The van der Waals surface area contributed by atoms with Gasteiger partial charge < -0.3 is 19.3 Å². The highest BCUT2D eigenvalue weighted by Crippen LogP contribution is 2.23. The van der Waals surface area contributed by atoms with E-state index >= 15 is 0 Å². The van der Waals surface area contributed by atoms with E-state index in [4.69, 9.17) is 9.84 Å². The molecule has 1 aliphatic rings. The smallest absolute Gasteiger partial charge is 0.410 e. The predicted octanol–water partition coefficient (Wildman–Crippen LogP) is 1.40. The largest absolute Gasteiger partial charge is 0.477 e. The van der Waals surface area contributed by atoms with Crippen LogP contribution in [0.4, 0.5) is 4.79 Å². The molecule has 0 fully saturated rings. The zero-order valence-electron chi connectivity index (χ0n) is 10.8. The third-order valence-corrected chi connectivity index (χ3v) is 3.23. The lowest BCUT2D eigenvalue weighted by Crippen LogP contribution is -2.36. The third-order valence-electron chi connectivity index (χ3n) is 3.23. The molecule has 0 unspecified atom stereocenters. The molecule has 0 atom stereocenters. The Morgan fingerprint density at radius 2 is 2.32 bits per heavy atom. The molecule has 0 aliphatic carbocycles. The maximum atomic E-state index is 11.7. The highest BCUT2D eigenvalue weighted by molar-refractivity contribution is 5.86. The number of aromatic nitrogens is 1. The maximum Gasteiger partial charge on any atom is 0.410 e. The summed E-state index contributed by atoms with van der Waals surface area (Å²) >= 11 is 0. The van der Waals surface area contributed by atoms with E-state index in [2.05, 4.69) is 6.58 Å². The molecule has 1 N–H and O–H groups in total. The van der Waals surface area contributed by atoms with E-state index in [9.17, 15) is 9.59 Å². The van der Waals surface area contributed by atoms with Gasteiger partial charge in [0.1, 0.15) is 12.3 Å². The lowest BCUT2D eigenvalue weighted by molar-refractivity contribution is 0.0686. The topological polar surface area (TPSA) is 71.8 Å². The van der Waals surface area contributed by atoms with Crippen molar-refractivity contribution in [2.24, 2.45) is 7.05 Å². The number of aromatic carboxylic acids is 1. The van der Waals surface area contributed by atoms with Gasteiger partial charge >= 0.3 is 12.1 Å². The van der Waals surface area contributed by atoms with Crippen LogP contribution in [0.15, 0.2) is 18.7 Å². The summed E-state index contributed by atoms with van der Waals surface area (Å²) in [6, 6.07) is 1.62. The summed E-state index contributed by atoms with van der Waals surface area (Å²) in [5.41, 5.74) is 2.07. The van der Waals surface area contributed by atoms with Crippen LogP contribution >= 0.6 is 0 Å². The van der Waals surface area contributed by atoms with E-state index in [0.717, 1.165) is 11.3 Å². The number of fused-ring (bicyclic) bond motifs is 1. The van der Waals surface area contributed by atoms with Crippen molar-refractivity contribution in [2.45, 2.75) is 13.0 Å². The van der Waals surface area contributed by atoms with Gasteiger partial charge in [-0.3, -0.25) is 0 Å². The molecule has 1 amide bonds. The Bertz CT molecular complexity index is 533. The van der Waals surface area contributed by atoms with Gasteiger partial charge in [0.15, 0.2) is 0 Å². The second-order valence-corrected chi connectivity index (χ2v) is 4.40. The molecule has 6 nitrogen and oxygen atoms in total. The van der Waals surface area contributed by atoms with Gasteiger partial charge in [-0.15, -0.1) is 0 Å². The summed E-state index contributed by atoms with van der Waals surface area (Å²) < 4.78 is 6.65. The Kier molecular flexibility index (Phi) is 3.59. The number of amides is 1. The van der Waals surface area contributed by atoms with E-state index in [-0.39, 0.29) is 12.3 Å². The zero-order valence-corrected chi connectivity index (χ0v) is 10.8. The molecule has 0 radical (unpaired) electrons. The van der Waals surface area contributed by atoms with Crippen molar-refractivity contribution >= 4 is 12.1 Å². The first-order valence-corrected chi connectivity index (χ1v) is 5.98. The highest BCUT2D eigenvalue weighted by atomic mass is 16.6. The number of carboxylic acid groups (broad SMARTS) is 1. The Hall–Kier alpha value is -2.24. The Balaban J connectivity index is 2.16. The number of nitrogens with zero attached hydrogens (tertiary/aromatic N) is 2. The maximum absolute atomic E-state index is 11.7. The summed E-state index contributed by atoms with van der Waals surface area (Å²) in [4.78, 5) is 24.4. The first-order valence-electron chi connectivity index (χ1n) is 5.98. The van der Waals surface area contributed by atoms with E-state index in [0.29, 0.717) is 19.5 Å². The number of carbonyl (C=O) groups excluding carboxylic acids is 1. The number of carbonyl (C=O) groups is 2. The summed E-state index contributed by atoms with van der Waals surface area (Å²) in [6.07, 6.45) is 1.74. The molecule has 0 bridgehead atoms. The molecule has 0 aromatic carbocycles. The van der Waals surface area contributed by atoms with Gasteiger partial charge in [-0.25, -0.2) is 9.59 Å². The second-order valence-electron chi connectivity index (χ2n) is 4.40. The highest BCUT2D eigenvalue weighted by Gasteiger charge is 2.26. The minimum absolute atomic E-state index is 0.178. The quantitative estimate of drug-likeness (QED) is 0.838. The Morgan fingerprint density at radius 1 is 1.58 bits per heavy atom. The van der Waals surface area contributed by atoms with Crippen LogP contribution in [0.5, 0.6) is 0 Å². The molecule has 0 saturated carbocycles. The minimum atomic E-state index is -0.960. The summed E-state index contributed by atoms with van der Waals surface area (Å²) in [5, 5.41) is 9.07. The number of hydrogen-bond donors (Lipinski definition) is 1. The summed E-state index contributed by atoms with van der Waals surface area (Å²) in [7, 11) is 1.73. The molecule has 2 heterocycles. The van der Waals surface area contributed by atoms with Crippen LogP contribution in [0.25, 0.3) is 0 Å². The van der Waals surface area contributed by atoms with Gasteiger partial charge in [0, 0.05) is 25.7 Å². The van der Waals surface area contributed by atoms with Gasteiger partial charge in [0.25, 0.3) is 0 Å². The Labute approximate surface area is 110 Å². The SMILES string of the molecule is C=CCOC(=O)N1CCc2c(cc(C(=O)O)n2C)C1. The first-order chi connectivity index (χ1) is 9.04. The van der Waals surface area contributed by atoms with E-state index in [1.165, 1.54) is 6.08 Å². The summed E-state index contributed by atoms with van der Waals surface area (Å²) in [6.45, 7) is 4.57. The standard InChI is InChI=1S/C13H16N2O4/c1-3-6-19-13(18)15-5-4-10-9(8-15)7-11(12(16)17)14(10)2/h3,7H,1,4-6,8H2,2H3,(H,16,17).